The number of aryl methyl sites for hydroxylation is 3. The number of carbonyl (C=O) groups excluding carboxylic acids is 1. The Kier molecular flexibility index (Phi) is 7.72. The molecule has 4 heteroatoms. The number of ketones is 1. The molecule has 1 aromatic heterocycles. The Morgan fingerprint density at radius 3 is 2.29 bits per heavy atom. The van der Waals surface area contributed by atoms with Crippen LogP contribution in [0.25, 0.3) is 22.3 Å². The predicted molar refractivity (Wildman–Crippen MR) is 144 cm³/mol. The molecule has 4 aromatic rings. The molecule has 0 aliphatic rings. The van der Waals surface area contributed by atoms with Gasteiger partial charge in [0.1, 0.15) is 17.1 Å². The van der Waals surface area contributed by atoms with Crippen LogP contribution in [0.15, 0.2) is 65.1 Å². The average molecular weight is 470 g/mol. The Hall–Kier alpha value is -3.37. The number of rotatable bonds is 10. The molecule has 0 spiro atoms. The molecule has 0 bridgehead atoms. The lowest BCUT2D eigenvalue weighted by atomic mass is 9.93. The first kappa shape index (κ1) is 24.7. The van der Waals surface area contributed by atoms with Crippen LogP contribution in [0.1, 0.15) is 52.9 Å². The summed E-state index contributed by atoms with van der Waals surface area (Å²) in [6, 6.07) is 19.5. The average Bonchev–Trinajstić information content (AvgIpc) is 3.25. The van der Waals surface area contributed by atoms with Gasteiger partial charge in [0.05, 0.1) is 12.2 Å². The number of furan rings is 1. The van der Waals surface area contributed by atoms with E-state index in [-0.39, 0.29) is 5.78 Å². The van der Waals surface area contributed by atoms with Crippen molar-refractivity contribution in [3.63, 3.8) is 0 Å². The quantitative estimate of drug-likeness (QED) is 0.180. The van der Waals surface area contributed by atoms with E-state index in [4.69, 9.17) is 9.15 Å². The van der Waals surface area contributed by atoms with Crippen LogP contribution in [0, 0.1) is 20.8 Å². The number of fused-ring (bicyclic) bond motifs is 1. The number of nitrogens with zero attached hydrogens (tertiary/aromatic N) is 1. The smallest absolute Gasteiger partial charge is 0.197 e. The van der Waals surface area contributed by atoms with E-state index in [2.05, 4.69) is 51.7 Å². The van der Waals surface area contributed by atoms with E-state index in [0.29, 0.717) is 23.5 Å². The lowest BCUT2D eigenvalue weighted by molar-refractivity contribution is 0.104. The molecule has 0 N–H and O–H groups in total. The molecule has 0 aliphatic carbocycles. The summed E-state index contributed by atoms with van der Waals surface area (Å²) in [5, 5.41) is 0.835. The second kappa shape index (κ2) is 10.9. The molecule has 0 fully saturated rings. The molecule has 1 heterocycles. The van der Waals surface area contributed by atoms with Gasteiger partial charge in [0, 0.05) is 23.1 Å². The zero-order chi connectivity index (χ0) is 24.9. The van der Waals surface area contributed by atoms with Gasteiger partial charge in [-0.25, -0.2) is 0 Å². The molecule has 0 radical (unpaired) electrons. The van der Waals surface area contributed by atoms with Crippen LogP contribution < -0.4 is 4.74 Å². The zero-order valence-corrected chi connectivity index (χ0v) is 21.5. The molecule has 3 aromatic carbocycles. The van der Waals surface area contributed by atoms with Gasteiger partial charge >= 0.3 is 0 Å². The van der Waals surface area contributed by atoms with Gasteiger partial charge in [0.25, 0.3) is 0 Å². The van der Waals surface area contributed by atoms with Crippen molar-refractivity contribution >= 4 is 16.8 Å². The second-order valence-corrected chi connectivity index (χ2v) is 9.14. The fourth-order valence-corrected chi connectivity index (χ4v) is 4.53. The Morgan fingerprint density at radius 1 is 0.886 bits per heavy atom. The highest BCUT2D eigenvalue weighted by molar-refractivity contribution is 6.19. The summed E-state index contributed by atoms with van der Waals surface area (Å²) in [5.74, 6) is 1.37. The van der Waals surface area contributed by atoms with E-state index >= 15 is 0 Å². The molecule has 4 rings (SSSR count). The molecule has 0 unspecified atom stereocenters. The Balaban J connectivity index is 1.61. The lowest BCUT2D eigenvalue weighted by Gasteiger charge is -2.17. The molecule has 0 saturated heterocycles. The molecule has 35 heavy (non-hydrogen) atoms. The number of carbonyl (C=O) groups is 1. The summed E-state index contributed by atoms with van der Waals surface area (Å²) >= 11 is 0. The summed E-state index contributed by atoms with van der Waals surface area (Å²) in [6.45, 7) is 14.4. The number of para-hydroxylation sites is 1. The number of ether oxygens (including phenoxy) is 1. The summed E-state index contributed by atoms with van der Waals surface area (Å²) < 4.78 is 12.2. The fraction of sp³-hybridized carbons (Fsp3) is 0.323. The summed E-state index contributed by atoms with van der Waals surface area (Å²) in [7, 11) is 0. The van der Waals surface area contributed by atoms with Gasteiger partial charge in [-0.05, 0) is 93.4 Å². The maximum Gasteiger partial charge on any atom is 0.197 e. The minimum Gasteiger partial charge on any atom is -0.494 e. The minimum atomic E-state index is -0.0457. The van der Waals surface area contributed by atoms with Gasteiger partial charge in [0.2, 0.25) is 0 Å². The highest BCUT2D eigenvalue weighted by atomic mass is 16.5. The third-order valence-corrected chi connectivity index (χ3v) is 6.81. The second-order valence-electron chi connectivity index (χ2n) is 9.14. The SMILES string of the molecule is CCN(CC)CCCOc1ccc(C(=O)c2c(-c3cc(C)c(C)cc3C)oc3ccccc23)cc1. The van der Waals surface area contributed by atoms with Crippen LogP contribution >= 0.6 is 0 Å². The van der Waals surface area contributed by atoms with Crippen molar-refractivity contribution in [2.45, 2.75) is 41.0 Å². The number of benzene rings is 3. The molecule has 4 nitrogen and oxygen atoms in total. The first-order valence-electron chi connectivity index (χ1n) is 12.5. The van der Waals surface area contributed by atoms with Crippen molar-refractivity contribution in [1.82, 2.24) is 4.90 Å². The Bertz CT molecular complexity index is 1310. The van der Waals surface area contributed by atoms with Crippen molar-refractivity contribution in [1.29, 1.82) is 0 Å². The molecular formula is C31H35NO3. The van der Waals surface area contributed by atoms with Crippen molar-refractivity contribution in [3.05, 3.63) is 88.5 Å². The standard InChI is InChI=1S/C31H35NO3/c1-6-32(7-2)17-10-18-34-25-15-13-24(14-16-25)30(33)29-26-11-8-9-12-28(26)35-31(29)27-20-22(4)21(3)19-23(27)5/h8-9,11-16,19-20H,6-7,10,17-18H2,1-5H3. The van der Waals surface area contributed by atoms with E-state index in [0.717, 1.165) is 53.9 Å². The largest absolute Gasteiger partial charge is 0.494 e. The Labute approximate surface area is 208 Å². The van der Waals surface area contributed by atoms with Crippen molar-refractivity contribution < 1.29 is 13.9 Å². The van der Waals surface area contributed by atoms with Gasteiger partial charge in [-0.2, -0.15) is 0 Å². The molecule has 0 aliphatic heterocycles. The normalized spacial score (nSPS) is 11.4. The third kappa shape index (κ3) is 5.33. The van der Waals surface area contributed by atoms with Crippen LogP contribution in [0.3, 0.4) is 0 Å². The van der Waals surface area contributed by atoms with Gasteiger partial charge in [-0.3, -0.25) is 4.79 Å². The van der Waals surface area contributed by atoms with Crippen LogP contribution in [-0.4, -0.2) is 36.9 Å². The first-order chi connectivity index (χ1) is 16.9. The molecule has 0 saturated carbocycles. The highest BCUT2D eigenvalue weighted by Crippen LogP contribution is 2.37. The van der Waals surface area contributed by atoms with Crippen molar-refractivity contribution in [2.75, 3.05) is 26.2 Å². The third-order valence-electron chi connectivity index (χ3n) is 6.81. The van der Waals surface area contributed by atoms with Crippen LogP contribution in [0.5, 0.6) is 5.75 Å². The maximum atomic E-state index is 13.8. The molecule has 182 valence electrons. The predicted octanol–water partition coefficient (Wildman–Crippen LogP) is 7.37. The monoisotopic (exact) mass is 469 g/mol. The highest BCUT2D eigenvalue weighted by Gasteiger charge is 2.24. The summed E-state index contributed by atoms with van der Waals surface area (Å²) in [4.78, 5) is 16.2. The van der Waals surface area contributed by atoms with Crippen LogP contribution in [0.4, 0.5) is 0 Å². The van der Waals surface area contributed by atoms with E-state index < -0.39 is 0 Å². The minimum absolute atomic E-state index is 0.0457. The van der Waals surface area contributed by atoms with Crippen LogP contribution in [0.2, 0.25) is 0 Å². The van der Waals surface area contributed by atoms with Gasteiger partial charge < -0.3 is 14.1 Å². The van der Waals surface area contributed by atoms with Gasteiger partial charge in [0.15, 0.2) is 5.78 Å². The van der Waals surface area contributed by atoms with Crippen LogP contribution in [-0.2, 0) is 0 Å². The molecular weight excluding hydrogens is 434 g/mol. The van der Waals surface area contributed by atoms with Gasteiger partial charge in [-0.1, -0.05) is 38.1 Å². The maximum absolute atomic E-state index is 13.8. The lowest BCUT2D eigenvalue weighted by Crippen LogP contribution is -2.25. The first-order valence-corrected chi connectivity index (χ1v) is 12.5. The van der Waals surface area contributed by atoms with E-state index in [1.807, 2.05) is 48.5 Å². The van der Waals surface area contributed by atoms with Crippen molar-refractivity contribution in [2.24, 2.45) is 0 Å². The van der Waals surface area contributed by atoms with Crippen molar-refractivity contribution in [3.8, 4) is 17.1 Å². The number of hydrogen-bond acceptors (Lipinski definition) is 4. The summed E-state index contributed by atoms with van der Waals surface area (Å²) in [5.41, 5.74) is 6.40. The molecule has 0 atom stereocenters. The van der Waals surface area contributed by atoms with Gasteiger partial charge in [-0.15, -0.1) is 0 Å². The number of hydrogen-bond donors (Lipinski definition) is 0. The topological polar surface area (TPSA) is 42.7 Å². The van der Waals surface area contributed by atoms with E-state index in [1.165, 1.54) is 11.1 Å². The fourth-order valence-electron chi connectivity index (χ4n) is 4.53. The molecule has 0 amide bonds. The Morgan fingerprint density at radius 2 is 1.57 bits per heavy atom. The van der Waals surface area contributed by atoms with E-state index in [9.17, 15) is 4.79 Å². The summed E-state index contributed by atoms with van der Waals surface area (Å²) in [6.07, 6.45) is 0.974. The van der Waals surface area contributed by atoms with E-state index in [1.54, 1.807) is 0 Å². The zero-order valence-electron chi connectivity index (χ0n) is 21.5.